The van der Waals surface area contributed by atoms with E-state index in [9.17, 15) is 26.3 Å². The molecule has 0 unspecified atom stereocenters. The molecule has 0 bridgehead atoms. The van der Waals surface area contributed by atoms with Crippen molar-refractivity contribution < 1.29 is 31.1 Å². The SMILES string of the molecule is C[C@@H]1CN(c2ncccc2C(F)(F)F)CCN1c1nc(CN2CCOC(C)(C)C2)nc(-c2cccc(C(F)(F)F)c2)n1. The van der Waals surface area contributed by atoms with Crippen LogP contribution in [-0.4, -0.2) is 75.8 Å². The summed E-state index contributed by atoms with van der Waals surface area (Å²) in [4.78, 5) is 23.3. The van der Waals surface area contributed by atoms with E-state index in [2.05, 4.69) is 24.8 Å². The molecule has 0 saturated carbocycles. The number of halogens is 6. The summed E-state index contributed by atoms with van der Waals surface area (Å²) in [6.07, 6.45) is -7.77. The predicted octanol–water partition coefficient (Wildman–Crippen LogP) is 5.30. The Bertz CT molecular complexity index is 1410. The summed E-state index contributed by atoms with van der Waals surface area (Å²) < 4.78 is 87.2. The van der Waals surface area contributed by atoms with Gasteiger partial charge in [0, 0.05) is 50.5 Å². The third-order valence-electron chi connectivity index (χ3n) is 7.26. The van der Waals surface area contributed by atoms with E-state index in [4.69, 9.17) is 4.74 Å². The van der Waals surface area contributed by atoms with Crippen LogP contribution in [0.3, 0.4) is 0 Å². The molecule has 2 aliphatic heterocycles. The van der Waals surface area contributed by atoms with Crippen molar-refractivity contribution in [3.8, 4) is 11.4 Å². The third-order valence-corrected chi connectivity index (χ3v) is 7.26. The lowest BCUT2D eigenvalue weighted by atomic mass is 10.1. The van der Waals surface area contributed by atoms with Crippen LogP contribution in [0.1, 0.15) is 37.7 Å². The van der Waals surface area contributed by atoms with E-state index in [-0.39, 0.29) is 54.4 Å². The van der Waals surface area contributed by atoms with Crippen LogP contribution in [-0.2, 0) is 23.6 Å². The Labute approximate surface area is 239 Å². The maximum atomic E-state index is 13.6. The van der Waals surface area contributed by atoms with Crippen molar-refractivity contribution in [2.24, 2.45) is 0 Å². The molecule has 0 spiro atoms. The van der Waals surface area contributed by atoms with Crippen LogP contribution in [0, 0.1) is 0 Å². The second-order valence-corrected chi connectivity index (χ2v) is 11.1. The molecule has 8 nitrogen and oxygen atoms in total. The van der Waals surface area contributed by atoms with Gasteiger partial charge in [-0.3, -0.25) is 4.90 Å². The van der Waals surface area contributed by atoms with E-state index in [1.165, 1.54) is 24.4 Å². The molecule has 2 aromatic heterocycles. The fourth-order valence-electron chi connectivity index (χ4n) is 5.34. The van der Waals surface area contributed by atoms with Crippen LogP contribution < -0.4 is 9.80 Å². The summed E-state index contributed by atoms with van der Waals surface area (Å²) in [5.41, 5.74) is -1.83. The molecule has 42 heavy (non-hydrogen) atoms. The average molecular weight is 596 g/mol. The Morgan fingerprint density at radius 1 is 0.952 bits per heavy atom. The maximum absolute atomic E-state index is 13.6. The molecule has 4 heterocycles. The number of morpholine rings is 1. The number of rotatable bonds is 5. The van der Waals surface area contributed by atoms with Crippen LogP contribution in [0.4, 0.5) is 38.1 Å². The Balaban J connectivity index is 1.47. The van der Waals surface area contributed by atoms with Gasteiger partial charge in [-0.25, -0.2) is 9.97 Å². The average Bonchev–Trinajstić information content (AvgIpc) is 2.91. The number of hydrogen-bond acceptors (Lipinski definition) is 8. The lowest BCUT2D eigenvalue weighted by Gasteiger charge is -2.41. The van der Waals surface area contributed by atoms with Crippen LogP contribution in [0.5, 0.6) is 0 Å². The standard InChI is InChI=1S/C28H31F6N7O/c1-18-15-40(24-21(28(32,33)34)8-5-9-35-24)10-11-41(18)25-37-22(16-39-12-13-42-26(2,3)17-39)36-23(38-25)19-6-4-7-20(14-19)27(29,30)31/h4-9,14,18H,10-13,15-17H2,1-3H3/t18-/m1/s1. The van der Waals surface area contributed by atoms with Crippen molar-refractivity contribution in [3.05, 3.63) is 59.5 Å². The summed E-state index contributed by atoms with van der Waals surface area (Å²) in [6, 6.07) is 6.72. The molecule has 3 aromatic rings. The Hall–Kier alpha value is -3.52. The van der Waals surface area contributed by atoms with Gasteiger partial charge in [-0.2, -0.15) is 36.3 Å². The van der Waals surface area contributed by atoms with Gasteiger partial charge in [0.1, 0.15) is 11.6 Å². The number of alkyl halides is 6. The molecular formula is C28H31F6N7O. The number of ether oxygens (including phenoxy) is 1. The van der Waals surface area contributed by atoms with Crippen LogP contribution in [0.2, 0.25) is 0 Å². The Morgan fingerprint density at radius 3 is 2.43 bits per heavy atom. The van der Waals surface area contributed by atoms with Gasteiger partial charge in [-0.05, 0) is 45.0 Å². The van der Waals surface area contributed by atoms with Crippen LogP contribution in [0.25, 0.3) is 11.4 Å². The number of piperazine rings is 1. The fraction of sp³-hybridized carbons (Fsp3) is 0.500. The molecule has 14 heteroatoms. The first kappa shape index (κ1) is 30.0. The zero-order valence-electron chi connectivity index (χ0n) is 23.4. The summed E-state index contributed by atoms with van der Waals surface area (Å²) >= 11 is 0. The van der Waals surface area contributed by atoms with Gasteiger partial charge in [0.25, 0.3) is 0 Å². The molecule has 1 atom stereocenters. The van der Waals surface area contributed by atoms with Crippen molar-refractivity contribution in [2.45, 2.75) is 51.3 Å². The Kier molecular flexibility index (Phi) is 8.05. The molecular weight excluding hydrogens is 564 g/mol. The number of aromatic nitrogens is 4. The van der Waals surface area contributed by atoms with Crippen molar-refractivity contribution in [1.29, 1.82) is 0 Å². The highest BCUT2D eigenvalue weighted by atomic mass is 19.4. The highest BCUT2D eigenvalue weighted by Gasteiger charge is 2.38. The number of hydrogen-bond donors (Lipinski definition) is 0. The van der Waals surface area contributed by atoms with E-state index >= 15 is 0 Å². The molecule has 2 saturated heterocycles. The molecule has 5 rings (SSSR count). The number of benzene rings is 1. The van der Waals surface area contributed by atoms with E-state index in [1.54, 1.807) is 4.90 Å². The molecule has 0 N–H and O–H groups in total. The summed E-state index contributed by atoms with van der Waals surface area (Å²) in [6.45, 7) is 8.53. The van der Waals surface area contributed by atoms with Crippen molar-refractivity contribution >= 4 is 11.8 Å². The summed E-state index contributed by atoms with van der Waals surface area (Å²) in [5, 5.41) is 0. The van der Waals surface area contributed by atoms with Gasteiger partial charge in [0.2, 0.25) is 5.95 Å². The van der Waals surface area contributed by atoms with Crippen LogP contribution >= 0.6 is 0 Å². The molecule has 2 aliphatic rings. The first-order valence-corrected chi connectivity index (χ1v) is 13.5. The van der Waals surface area contributed by atoms with Crippen LogP contribution in [0.15, 0.2) is 42.6 Å². The number of pyridine rings is 1. The smallest absolute Gasteiger partial charge is 0.373 e. The highest BCUT2D eigenvalue weighted by molar-refractivity contribution is 5.58. The highest BCUT2D eigenvalue weighted by Crippen LogP contribution is 2.36. The largest absolute Gasteiger partial charge is 0.419 e. The molecule has 0 radical (unpaired) electrons. The molecule has 1 aromatic carbocycles. The topological polar surface area (TPSA) is 70.5 Å². The van der Waals surface area contributed by atoms with Gasteiger partial charge in [0.15, 0.2) is 5.82 Å². The lowest BCUT2D eigenvalue weighted by Crippen LogP contribution is -2.53. The zero-order valence-corrected chi connectivity index (χ0v) is 23.4. The molecule has 0 aliphatic carbocycles. The van der Waals surface area contributed by atoms with Gasteiger partial charge < -0.3 is 14.5 Å². The lowest BCUT2D eigenvalue weighted by molar-refractivity contribution is -0.138. The maximum Gasteiger partial charge on any atom is 0.419 e. The van der Waals surface area contributed by atoms with E-state index in [0.29, 0.717) is 32.1 Å². The fourth-order valence-corrected chi connectivity index (χ4v) is 5.34. The summed E-state index contributed by atoms with van der Waals surface area (Å²) in [5.74, 6) is 0.577. The normalized spacial score (nSPS) is 20.2. The number of anilines is 2. The minimum absolute atomic E-state index is 0.0901. The van der Waals surface area contributed by atoms with Gasteiger partial charge >= 0.3 is 12.4 Å². The molecule has 0 amide bonds. The second-order valence-electron chi connectivity index (χ2n) is 11.1. The van der Waals surface area contributed by atoms with Crippen molar-refractivity contribution in [1.82, 2.24) is 24.8 Å². The van der Waals surface area contributed by atoms with Gasteiger partial charge in [-0.1, -0.05) is 12.1 Å². The van der Waals surface area contributed by atoms with E-state index in [0.717, 1.165) is 18.2 Å². The van der Waals surface area contributed by atoms with Gasteiger partial charge in [-0.15, -0.1) is 0 Å². The molecule has 226 valence electrons. The minimum Gasteiger partial charge on any atom is -0.373 e. The zero-order chi connectivity index (χ0) is 30.3. The quantitative estimate of drug-likeness (QED) is 0.369. The monoisotopic (exact) mass is 595 g/mol. The van der Waals surface area contributed by atoms with E-state index < -0.39 is 23.5 Å². The first-order valence-electron chi connectivity index (χ1n) is 13.5. The minimum atomic E-state index is -4.55. The van der Waals surface area contributed by atoms with Crippen molar-refractivity contribution in [2.75, 3.05) is 49.1 Å². The summed E-state index contributed by atoms with van der Waals surface area (Å²) in [7, 11) is 0. The van der Waals surface area contributed by atoms with Gasteiger partial charge in [0.05, 0.1) is 29.9 Å². The van der Waals surface area contributed by atoms with E-state index in [1.807, 2.05) is 25.7 Å². The predicted molar refractivity (Wildman–Crippen MR) is 144 cm³/mol. The third kappa shape index (κ3) is 6.75. The Morgan fingerprint density at radius 2 is 1.74 bits per heavy atom. The molecule has 2 fully saturated rings. The first-order chi connectivity index (χ1) is 19.7. The van der Waals surface area contributed by atoms with Crippen molar-refractivity contribution in [3.63, 3.8) is 0 Å². The second kappa shape index (κ2) is 11.3. The number of nitrogens with zero attached hydrogens (tertiary/aromatic N) is 7.